The lowest BCUT2D eigenvalue weighted by atomic mass is 10.1. The Balaban J connectivity index is 2.08. The number of carbonyl (C=O) groups is 3. The number of methoxy groups -OCH3 is 1. The predicted octanol–water partition coefficient (Wildman–Crippen LogP) is -1.19. The van der Waals surface area contributed by atoms with Gasteiger partial charge in [0.2, 0.25) is 12.3 Å². The lowest BCUT2D eigenvalue weighted by Gasteiger charge is -2.22. The summed E-state index contributed by atoms with van der Waals surface area (Å²) < 4.78 is 4.71. The Kier molecular flexibility index (Phi) is 3.80. The number of aliphatic hydroxyl groups is 1. The molecule has 110 valence electrons. The van der Waals surface area contributed by atoms with Crippen LogP contribution in [0.2, 0.25) is 0 Å². The van der Waals surface area contributed by atoms with Crippen LogP contribution in [0.4, 0.5) is 0 Å². The first-order valence-corrected chi connectivity index (χ1v) is 6.40. The van der Waals surface area contributed by atoms with Crippen LogP contribution in [0.1, 0.15) is 12.8 Å². The Morgan fingerprint density at radius 3 is 2.75 bits per heavy atom. The number of rotatable bonds is 5. The van der Waals surface area contributed by atoms with Gasteiger partial charge in [0.05, 0.1) is 13.2 Å². The molecule has 20 heavy (non-hydrogen) atoms. The highest BCUT2D eigenvalue weighted by Gasteiger charge is 2.61. The van der Waals surface area contributed by atoms with E-state index in [1.54, 1.807) is 6.08 Å². The molecule has 7 heteroatoms. The van der Waals surface area contributed by atoms with E-state index in [1.807, 2.05) is 0 Å². The number of carbonyl (C=O) groups excluding carboxylic acids is 3. The number of nitrogens with zero attached hydrogens (tertiary/aromatic N) is 1. The lowest BCUT2D eigenvalue weighted by Crippen LogP contribution is -2.52. The number of ether oxygens (including phenoxy) is 1. The third-order valence-corrected chi connectivity index (χ3v) is 3.95. The zero-order valence-electron chi connectivity index (χ0n) is 11.2. The molecule has 1 saturated heterocycles. The third-order valence-electron chi connectivity index (χ3n) is 3.95. The maximum absolute atomic E-state index is 12.2. The molecular weight excluding hydrogens is 264 g/mol. The molecular formula is C13H18N2O5. The summed E-state index contributed by atoms with van der Waals surface area (Å²) in [5, 5.41) is 12.2. The molecule has 2 rings (SSSR count). The summed E-state index contributed by atoms with van der Waals surface area (Å²) in [5.41, 5.74) is -1.07. The number of esters is 1. The largest absolute Gasteiger partial charge is 0.467 e. The zero-order valence-corrected chi connectivity index (χ0v) is 11.2. The average molecular weight is 282 g/mol. The van der Waals surface area contributed by atoms with Crippen molar-refractivity contribution in [2.45, 2.75) is 30.5 Å². The van der Waals surface area contributed by atoms with Crippen LogP contribution in [-0.4, -0.2) is 59.6 Å². The Labute approximate surface area is 116 Å². The van der Waals surface area contributed by atoms with E-state index in [4.69, 9.17) is 4.74 Å². The monoisotopic (exact) mass is 282 g/mol. The highest BCUT2D eigenvalue weighted by molar-refractivity contribution is 5.94. The third kappa shape index (κ3) is 2.29. The van der Waals surface area contributed by atoms with Gasteiger partial charge >= 0.3 is 5.97 Å². The van der Waals surface area contributed by atoms with Crippen molar-refractivity contribution in [1.82, 2.24) is 10.2 Å². The fourth-order valence-electron chi connectivity index (χ4n) is 2.70. The number of hydrogen-bond donors (Lipinski definition) is 2. The summed E-state index contributed by atoms with van der Waals surface area (Å²) in [7, 11) is 1.26. The number of nitrogens with one attached hydrogen (secondary N) is 1. The molecule has 2 N–H and O–H groups in total. The minimum Gasteiger partial charge on any atom is -0.467 e. The fourth-order valence-corrected chi connectivity index (χ4v) is 2.70. The molecule has 2 aliphatic rings. The molecule has 1 aliphatic carbocycles. The summed E-state index contributed by atoms with van der Waals surface area (Å²) in [6, 6.07) is -0.755. The molecule has 0 aromatic rings. The molecule has 0 aromatic heterocycles. The number of hydrogen-bond acceptors (Lipinski definition) is 5. The SMILES string of the molecule is C=C[C@@H]1C[C@]1(NC(=O)[C@@H]1CC(O)CN1C=O)C(=O)OC. The zero-order chi connectivity index (χ0) is 14.9. The molecule has 2 fully saturated rings. The maximum Gasteiger partial charge on any atom is 0.332 e. The molecule has 1 saturated carbocycles. The van der Waals surface area contributed by atoms with Crippen LogP contribution in [0.5, 0.6) is 0 Å². The van der Waals surface area contributed by atoms with Gasteiger partial charge in [0, 0.05) is 18.9 Å². The van der Waals surface area contributed by atoms with Gasteiger partial charge in [-0.1, -0.05) is 6.08 Å². The minimum atomic E-state index is -1.07. The summed E-state index contributed by atoms with van der Waals surface area (Å²) in [6.45, 7) is 3.74. The van der Waals surface area contributed by atoms with E-state index in [0.29, 0.717) is 12.8 Å². The number of aliphatic hydroxyl groups excluding tert-OH is 1. The van der Waals surface area contributed by atoms with Crippen molar-refractivity contribution in [3.8, 4) is 0 Å². The van der Waals surface area contributed by atoms with E-state index in [9.17, 15) is 19.5 Å². The van der Waals surface area contributed by atoms with Crippen LogP contribution in [0.15, 0.2) is 12.7 Å². The van der Waals surface area contributed by atoms with Gasteiger partial charge in [0.25, 0.3) is 0 Å². The van der Waals surface area contributed by atoms with E-state index in [-0.39, 0.29) is 18.9 Å². The van der Waals surface area contributed by atoms with Crippen LogP contribution in [0.25, 0.3) is 0 Å². The lowest BCUT2D eigenvalue weighted by molar-refractivity contribution is -0.147. The van der Waals surface area contributed by atoms with Gasteiger partial charge < -0.3 is 20.1 Å². The Morgan fingerprint density at radius 1 is 1.55 bits per heavy atom. The first-order valence-electron chi connectivity index (χ1n) is 6.40. The Morgan fingerprint density at radius 2 is 2.25 bits per heavy atom. The minimum absolute atomic E-state index is 0.123. The van der Waals surface area contributed by atoms with Crippen LogP contribution >= 0.6 is 0 Å². The van der Waals surface area contributed by atoms with E-state index in [0.717, 1.165) is 0 Å². The first kappa shape index (κ1) is 14.5. The normalized spacial score (nSPS) is 35.3. The standard InChI is InChI=1S/C13H18N2O5/c1-3-8-5-13(8,12(19)20-2)14-11(18)10-4-9(17)6-15(10)7-16/h3,7-10,17H,1,4-6H2,2H3,(H,14,18)/t8-,9?,10+,13-/m1/s1. The van der Waals surface area contributed by atoms with Gasteiger partial charge in [-0.25, -0.2) is 4.79 Å². The van der Waals surface area contributed by atoms with Crippen LogP contribution in [0.3, 0.4) is 0 Å². The number of β-amino-alcohol motifs (C(OH)–C–C–N with tert-alkyl or cyclic N) is 1. The molecule has 0 bridgehead atoms. The van der Waals surface area contributed by atoms with Crippen LogP contribution in [0, 0.1) is 5.92 Å². The van der Waals surface area contributed by atoms with Gasteiger partial charge in [-0.3, -0.25) is 9.59 Å². The van der Waals surface area contributed by atoms with Crippen molar-refractivity contribution in [2.24, 2.45) is 5.92 Å². The molecule has 1 unspecified atom stereocenters. The molecule has 1 aliphatic heterocycles. The quantitative estimate of drug-likeness (QED) is 0.375. The van der Waals surface area contributed by atoms with Crippen molar-refractivity contribution < 1.29 is 24.2 Å². The highest BCUT2D eigenvalue weighted by atomic mass is 16.5. The van der Waals surface area contributed by atoms with E-state index in [2.05, 4.69) is 11.9 Å². The van der Waals surface area contributed by atoms with E-state index >= 15 is 0 Å². The van der Waals surface area contributed by atoms with E-state index < -0.39 is 29.6 Å². The molecule has 0 aromatic carbocycles. The Bertz CT molecular complexity index is 452. The van der Waals surface area contributed by atoms with Gasteiger partial charge in [-0.15, -0.1) is 6.58 Å². The summed E-state index contributed by atoms with van der Waals surface area (Å²) in [4.78, 5) is 36.2. The van der Waals surface area contributed by atoms with Crippen molar-refractivity contribution in [2.75, 3.05) is 13.7 Å². The number of likely N-dealkylation sites (tertiary alicyclic amines) is 1. The number of amides is 2. The molecule has 4 atom stereocenters. The van der Waals surface area contributed by atoms with Gasteiger partial charge in [-0.2, -0.15) is 0 Å². The van der Waals surface area contributed by atoms with Crippen molar-refractivity contribution in [1.29, 1.82) is 0 Å². The maximum atomic E-state index is 12.2. The fraction of sp³-hybridized carbons (Fsp3) is 0.615. The summed E-state index contributed by atoms with van der Waals surface area (Å²) in [5.74, 6) is -1.15. The van der Waals surface area contributed by atoms with Crippen LogP contribution < -0.4 is 5.32 Å². The van der Waals surface area contributed by atoms with Gasteiger partial charge in [0.15, 0.2) is 0 Å². The summed E-state index contributed by atoms with van der Waals surface area (Å²) in [6.07, 6.45) is 2.01. The molecule has 7 nitrogen and oxygen atoms in total. The van der Waals surface area contributed by atoms with Crippen molar-refractivity contribution in [3.05, 3.63) is 12.7 Å². The molecule has 2 amide bonds. The smallest absolute Gasteiger partial charge is 0.332 e. The average Bonchev–Trinajstić information content (AvgIpc) is 3.02. The first-order chi connectivity index (χ1) is 9.48. The van der Waals surface area contributed by atoms with Gasteiger partial charge in [-0.05, 0) is 6.42 Å². The second-order valence-electron chi connectivity index (χ2n) is 5.21. The van der Waals surface area contributed by atoms with Crippen LogP contribution in [-0.2, 0) is 19.1 Å². The predicted molar refractivity (Wildman–Crippen MR) is 68.4 cm³/mol. The van der Waals surface area contributed by atoms with E-state index in [1.165, 1.54) is 12.0 Å². The van der Waals surface area contributed by atoms with Crippen molar-refractivity contribution in [3.63, 3.8) is 0 Å². The summed E-state index contributed by atoms with van der Waals surface area (Å²) >= 11 is 0. The van der Waals surface area contributed by atoms with Gasteiger partial charge in [0.1, 0.15) is 11.6 Å². The molecule has 1 heterocycles. The molecule has 0 radical (unpaired) electrons. The topological polar surface area (TPSA) is 95.9 Å². The molecule has 0 spiro atoms. The highest BCUT2D eigenvalue weighted by Crippen LogP contribution is 2.45. The second kappa shape index (κ2) is 5.24. The second-order valence-corrected chi connectivity index (χ2v) is 5.21. The van der Waals surface area contributed by atoms with Crippen molar-refractivity contribution >= 4 is 18.3 Å². The Hall–Kier alpha value is -1.89.